The Labute approximate surface area is 131 Å². The van der Waals surface area contributed by atoms with Gasteiger partial charge in [-0.25, -0.2) is 0 Å². The fourth-order valence-electron chi connectivity index (χ4n) is 2.59. The summed E-state index contributed by atoms with van der Waals surface area (Å²) in [6.07, 6.45) is 4.00. The zero-order valence-corrected chi connectivity index (χ0v) is 12.9. The monoisotopic (exact) mass is 313 g/mol. The van der Waals surface area contributed by atoms with E-state index in [0.29, 0.717) is 39.8 Å². The average molecular weight is 313 g/mol. The number of fused-ring (bicyclic) bond motifs is 1. The third kappa shape index (κ3) is 2.26. The summed E-state index contributed by atoms with van der Waals surface area (Å²) in [7, 11) is 4.68. The summed E-state index contributed by atoms with van der Waals surface area (Å²) in [5.41, 5.74) is 2.09. The number of nitrogens with zero attached hydrogens (tertiary/aromatic N) is 2. The van der Waals surface area contributed by atoms with Gasteiger partial charge in [-0.15, -0.1) is 0 Å². The highest BCUT2D eigenvalue weighted by Gasteiger charge is 2.17. The van der Waals surface area contributed by atoms with Crippen molar-refractivity contribution in [3.8, 4) is 22.6 Å². The number of methoxy groups -OCH3 is 2. The van der Waals surface area contributed by atoms with E-state index in [1.54, 1.807) is 31.6 Å². The number of aryl methyl sites for hydroxylation is 1. The van der Waals surface area contributed by atoms with Gasteiger partial charge in [-0.3, -0.25) is 14.7 Å². The highest BCUT2D eigenvalue weighted by Crippen LogP contribution is 2.37. The first-order valence-electron chi connectivity index (χ1n) is 6.85. The summed E-state index contributed by atoms with van der Waals surface area (Å²) in [5.74, 6) is 0.940. The molecule has 0 radical (unpaired) electrons. The summed E-state index contributed by atoms with van der Waals surface area (Å²) in [5, 5.41) is 7.34. The number of hydrogen-bond donors (Lipinski definition) is 1. The number of H-pyrrole nitrogens is 1. The van der Waals surface area contributed by atoms with E-state index in [2.05, 4.69) is 10.2 Å². The molecule has 7 heteroatoms. The van der Waals surface area contributed by atoms with E-state index in [9.17, 15) is 9.59 Å². The maximum Gasteiger partial charge on any atom is 0.276 e. The number of aromatic amines is 1. The number of benzene rings is 1. The van der Waals surface area contributed by atoms with E-state index in [0.717, 1.165) is 5.56 Å². The van der Waals surface area contributed by atoms with Crippen LogP contribution in [0.1, 0.15) is 10.4 Å². The molecule has 0 spiro atoms. The molecule has 0 unspecified atom stereocenters. The average Bonchev–Trinajstić information content (AvgIpc) is 3.06. The highest BCUT2D eigenvalue weighted by atomic mass is 16.5. The molecule has 0 amide bonds. The molecular formula is C16H15N3O4. The number of nitrogens with one attached hydrogen (secondary N) is 1. The fraction of sp³-hybridized carbons (Fsp3) is 0.188. The lowest BCUT2D eigenvalue weighted by Crippen LogP contribution is -2.16. The molecule has 0 aliphatic rings. The van der Waals surface area contributed by atoms with Crippen molar-refractivity contribution in [1.29, 1.82) is 0 Å². The number of ether oxygens (including phenoxy) is 2. The first-order valence-corrected chi connectivity index (χ1v) is 6.85. The molecule has 1 aromatic carbocycles. The molecule has 2 aromatic heterocycles. The summed E-state index contributed by atoms with van der Waals surface area (Å²) in [6, 6.07) is 3.33. The molecule has 118 valence electrons. The number of pyridine rings is 1. The SMILES string of the molecule is COc1cc(-c2cn(C)c(=O)c3[nH]ncc23)c(OC)cc1C=O. The van der Waals surface area contributed by atoms with Gasteiger partial charge in [0.15, 0.2) is 6.29 Å². The molecule has 0 aliphatic carbocycles. The minimum absolute atomic E-state index is 0.170. The molecular weight excluding hydrogens is 298 g/mol. The van der Waals surface area contributed by atoms with Gasteiger partial charge >= 0.3 is 0 Å². The number of rotatable bonds is 4. The summed E-state index contributed by atoms with van der Waals surface area (Å²) in [4.78, 5) is 23.3. The zero-order chi connectivity index (χ0) is 16.6. The predicted octanol–water partition coefficient (Wildman–Crippen LogP) is 1.76. The summed E-state index contributed by atoms with van der Waals surface area (Å²) >= 11 is 0. The molecule has 1 N–H and O–H groups in total. The van der Waals surface area contributed by atoms with Gasteiger partial charge in [0.25, 0.3) is 5.56 Å². The lowest BCUT2D eigenvalue weighted by Gasteiger charge is -2.14. The van der Waals surface area contributed by atoms with Gasteiger partial charge in [-0.1, -0.05) is 0 Å². The van der Waals surface area contributed by atoms with E-state index < -0.39 is 0 Å². The number of hydrogen-bond acceptors (Lipinski definition) is 5. The van der Waals surface area contributed by atoms with Crippen molar-refractivity contribution in [3.05, 3.63) is 40.4 Å². The smallest absolute Gasteiger partial charge is 0.276 e. The Morgan fingerprint density at radius 2 is 1.91 bits per heavy atom. The molecule has 23 heavy (non-hydrogen) atoms. The standard InChI is InChI=1S/C16H15N3O4/c1-19-7-12(11-6-17-18-15(11)16(19)21)10-5-13(22-2)9(8-20)4-14(10)23-3/h4-8H,1-3H3,(H,17,18). The zero-order valence-electron chi connectivity index (χ0n) is 12.9. The van der Waals surface area contributed by atoms with Gasteiger partial charge in [0.1, 0.15) is 17.0 Å². The van der Waals surface area contributed by atoms with Gasteiger partial charge in [-0.2, -0.15) is 5.10 Å². The Kier molecular flexibility index (Phi) is 3.61. The molecule has 2 heterocycles. The fourth-order valence-corrected chi connectivity index (χ4v) is 2.59. The van der Waals surface area contributed by atoms with Crippen LogP contribution in [0, 0.1) is 0 Å². The second kappa shape index (κ2) is 5.60. The Morgan fingerprint density at radius 1 is 1.17 bits per heavy atom. The van der Waals surface area contributed by atoms with Crippen molar-refractivity contribution in [3.63, 3.8) is 0 Å². The Hall–Kier alpha value is -3.09. The first kappa shape index (κ1) is 14.8. The Balaban J connectivity index is 2.39. The van der Waals surface area contributed by atoms with Crippen LogP contribution in [0.15, 0.2) is 29.3 Å². The minimum atomic E-state index is -0.170. The van der Waals surface area contributed by atoms with Crippen molar-refractivity contribution in [2.24, 2.45) is 7.05 Å². The van der Waals surface area contributed by atoms with Crippen LogP contribution in [0.2, 0.25) is 0 Å². The van der Waals surface area contributed by atoms with Crippen LogP contribution in [0.25, 0.3) is 22.0 Å². The normalized spacial score (nSPS) is 10.7. The second-order valence-electron chi connectivity index (χ2n) is 5.03. The van der Waals surface area contributed by atoms with Crippen LogP contribution in [-0.2, 0) is 7.05 Å². The van der Waals surface area contributed by atoms with Crippen molar-refractivity contribution < 1.29 is 14.3 Å². The first-order chi connectivity index (χ1) is 11.1. The highest BCUT2D eigenvalue weighted by molar-refractivity contribution is 5.96. The van der Waals surface area contributed by atoms with E-state index in [-0.39, 0.29) is 5.56 Å². The van der Waals surface area contributed by atoms with Crippen molar-refractivity contribution in [2.45, 2.75) is 0 Å². The lowest BCUT2D eigenvalue weighted by atomic mass is 10.0. The quantitative estimate of drug-likeness (QED) is 0.742. The van der Waals surface area contributed by atoms with Crippen molar-refractivity contribution >= 4 is 17.2 Å². The van der Waals surface area contributed by atoms with Crippen LogP contribution >= 0.6 is 0 Å². The minimum Gasteiger partial charge on any atom is -0.496 e. The van der Waals surface area contributed by atoms with Crippen molar-refractivity contribution in [2.75, 3.05) is 14.2 Å². The molecule has 0 saturated heterocycles. The molecule has 3 aromatic rings. The van der Waals surface area contributed by atoms with Crippen LogP contribution < -0.4 is 15.0 Å². The van der Waals surface area contributed by atoms with Crippen LogP contribution in [0.5, 0.6) is 11.5 Å². The predicted molar refractivity (Wildman–Crippen MR) is 85.3 cm³/mol. The van der Waals surface area contributed by atoms with Gasteiger partial charge in [0.2, 0.25) is 0 Å². The maximum atomic E-state index is 12.1. The summed E-state index contributed by atoms with van der Waals surface area (Å²) < 4.78 is 12.1. The van der Waals surface area contributed by atoms with Gasteiger partial charge in [0, 0.05) is 29.8 Å². The molecule has 3 rings (SSSR count). The summed E-state index contributed by atoms with van der Waals surface area (Å²) in [6.45, 7) is 0. The largest absolute Gasteiger partial charge is 0.496 e. The van der Waals surface area contributed by atoms with Gasteiger partial charge in [0.05, 0.1) is 26.0 Å². The maximum absolute atomic E-state index is 12.1. The Bertz CT molecular complexity index is 956. The topological polar surface area (TPSA) is 86.2 Å². The van der Waals surface area contributed by atoms with E-state index in [4.69, 9.17) is 9.47 Å². The number of carbonyl (C=O) groups is 1. The third-order valence-corrected chi connectivity index (χ3v) is 3.76. The van der Waals surface area contributed by atoms with E-state index in [1.807, 2.05) is 0 Å². The molecule has 0 bridgehead atoms. The van der Waals surface area contributed by atoms with E-state index >= 15 is 0 Å². The van der Waals surface area contributed by atoms with E-state index in [1.165, 1.54) is 18.8 Å². The molecule has 0 atom stereocenters. The number of aldehydes is 1. The van der Waals surface area contributed by atoms with Crippen LogP contribution in [-0.4, -0.2) is 35.3 Å². The molecule has 7 nitrogen and oxygen atoms in total. The van der Waals surface area contributed by atoms with Crippen molar-refractivity contribution in [1.82, 2.24) is 14.8 Å². The molecule has 0 fully saturated rings. The van der Waals surface area contributed by atoms with Gasteiger partial charge in [-0.05, 0) is 12.1 Å². The van der Waals surface area contributed by atoms with Crippen LogP contribution in [0.4, 0.5) is 0 Å². The lowest BCUT2D eigenvalue weighted by molar-refractivity contribution is 0.112. The number of carbonyl (C=O) groups excluding carboxylic acids is 1. The second-order valence-corrected chi connectivity index (χ2v) is 5.03. The third-order valence-electron chi connectivity index (χ3n) is 3.76. The number of aromatic nitrogens is 3. The Morgan fingerprint density at radius 3 is 2.57 bits per heavy atom. The van der Waals surface area contributed by atoms with Gasteiger partial charge < -0.3 is 14.0 Å². The molecule has 0 saturated carbocycles. The molecule has 0 aliphatic heterocycles. The van der Waals surface area contributed by atoms with Crippen LogP contribution in [0.3, 0.4) is 0 Å².